The van der Waals surface area contributed by atoms with Crippen molar-refractivity contribution in [1.29, 1.82) is 0 Å². The highest BCUT2D eigenvalue weighted by molar-refractivity contribution is 6.11. The number of carbonyl (C=O) groups excluding carboxylic acids is 2. The van der Waals surface area contributed by atoms with Crippen molar-refractivity contribution in [3.63, 3.8) is 0 Å². The number of benzene rings is 3. The number of rotatable bonds is 2. The molecule has 4 heteroatoms. The molecule has 0 aliphatic carbocycles. The molecule has 1 N–H and O–H groups in total. The van der Waals surface area contributed by atoms with Crippen LogP contribution in [0.4, 0.5) is 5.69 Å². The van der Waals surface area contributed by atoms with Crippen LogP contribution in [-0.4, -0.2) is 24.9 Å². The van der Waals surface area contributed by atoms with Gasteiger partial charge in [-0.3, -0.25) is 9.59 Å². The Kier molecular flexibility index (Phi) is 3.96. The molecule has 1 atom stereocenters. The van der Waals surface area contributed by atoms with Gasteiger partial charge in [0.2, 0.25) is 5.91 Å². The summed E-state index contributed by atoms with van der Waals surface area (Å²) in [6.07, 6.45) is 0.465. The minimum atomic E-state index is -0.582. The third kappa shape index (κ3) is 2.84. The van der Waals surface area contributed by atoms with Crippen molar-refractivity contribution in [3.05, 3.63) is 77.4 Å². The maximum absolute atomic E-state index is 12.9. The number of amides is 2. The predicted molar refractivity (Wildman–Crippen MR) is 103 cm³/mol. The summed E-state index contributed by atoms with van der Waals surface area (Å²) >= 11 is 0. The van der Waals surface area contributed by atoms with E-state index >= 15 is 0 Å². The highest BCUT2D eigenvalue weighted by Crippen LogP contribution is 2.25. The molecule has 1 aliphatic rings. The molecule has 130 valence electrons. The fourth-order valence-electron chi connectivity index (χ4n) is 3.51. The second kappa shape index (κ2) is 6.30. The van der Waals surface area contributed by atoms with Crippen molar-refractivity contribution >= 4 is 28.3 Å². The number of nitrogens with zero attached hydrogens (tertiary/aromatic N) is 1. The van der Waals surface area contributed by atoms with Crippen LogP contribution in [0.15, 0.2) is 60.7 Å². The molecule has 0 spiro atoms. The summed E-state index contributed by atoms with van der Waals surface area (Å²) < 4.78 is 0. The summed E-state index contributed by atoms with van der Waals surface area (Å²) in [7, 11) is 1.73. The number of nitrogens with one attached hydrogen (secondary N) is 1. The lowest BCUT2D eigenvalue weighted by Gasteiger charge is -2.21. The topological polar surface area (TPSA) is 49.4 Å². The van der Waals surface area contributed by atoms with Gasteiger partial charge in [0, 0.05) is 13.5 Å². The van der Waals surface area contributed by atoms with E-state index in [0.717, 1.165) is 21.9 Å². The SMILES string of the molecule is Cc1ccc2c(c1)C(=O)NC(Cc1ccc3ccccc3c1)C(=O)N2C. The van der Waals surface area contributed by atoms with Crippen LogP contribution in [0.3, 0.4) is 0 Å². The summed E-state index contributed by atoms with van der Waals surface area (Å²) in [5, 5.41) is 5.20. The van der Waals surface area contributed by atoms with E-state index in [0.29, 0.717) is 17.7 Å². The van der Waals surface area contributed by atoms with Gasteiger partial charge in [-0.25, -0.2) is 0 Å². The fraction of sp³-hybridized carbons (Fsp3) is 0.182. The minimum Gasteiger partial charge on any atom is -0.340 e. The largest absolute Gasteiger partial charge is 0.340 e. The molecule has 0 bridgehead atoms. The van der Waals surface area contributed by atoms with Crippen LogP contribution in [0.2, 0.25) is 0 Å². The molecule has 3 aromatic carbocycles. The molecule has 1 heterocycles. The zero-order chi connectivity index (χ0) is 18.3. The Hall–Kier alpha value is -3.14. The molecule has 0 fully saturated rings. The highest BCUT2D eigenvalue weighted by Gasteiger charge is 2.31. The van der Waals surface area contributed by atoms with Crippen LogP contribution in [-0.2, 0) is 11.2 Å². The average molecular weight is 344 g/mol. The van der Waals surface area contributed by atoms with E-state index < -0.39 is 6.04 Å². The van der Waals surface area contributed by atoms with E-state index in [1.54, 1.807) is 11.9 Å². The molecular weight excluding hydrogens is 324 g/mol. The van der Waals surface area contributed by atoms with Gasteiger partial charge in [0.1, 0.15) is 6.04 Å². The van der Waals surface area contributed by atoms with E-state index in [1.165, 1.54) is 0 Å². The maximum Gasteiger partial charge on any atom is 0.254 e. The van der Waals surface area contributed by atoms with Crippen LogP contribution in [0.25, 0.3) is 10.8 Å². The monoisotopic (exact) mass is 344 g/mol. The third-order valence-corrected chi connectivity index (χ3v) is 4.95. The zero-order valence-corrected chi connectivity index (χ0v) is 14.8. The first kappa shape index (κ1) is 16.3. The van der Waals surface area contributed by atoms with Gasteiger partial charge in [-0.05, 0) is 35.4 Å². The first-order valence-corrected chi connectivity index (χ1v) is 8.70. The molecule has 0 radical (unpaired) electrons. The summed E-state index contributed by atoms with van der Waals surface area (Å²) in [6.45, 7) is 1.94. The number of hydrogen-bond donors (Lipinski definition) is 1. The van der Waals surface area contributed by atoms with Crippen LogP contribution in [0, 0.1) is 6.92 Å². The number of likely N-dealkylation sites (N-methyl/N-ethyl adjacent to an activating group) is 1. The van der Waals surface area contributed by atoms with E-state index in [-0.39, 0.29) is 11.8 Å². The third-order valence-electron chi connectivity index (χ3n) is 4.95. The summed E-state index contributed by atoms with van der Waals surface area (Å²) in [5.41, 5.74) is 3.21. The van der Waals surface area contributed by atoms with Crippen molar-refractivity contribution in [2.45, 2.75) is 19.4 Å². The van der Waals surface area contributed by atoms with E-state index in [4.69, 9.17) is 0 Å². The van der Waals surface area contributed by atoms with Crippen molar-refractivity contribution in [2.24, 2.45) is 0 Å². The second-order valence-electron chi connectivity index (χ2n) is 6.83. The first-order valence-electron chi connectivity index (χ1n) is 8.70. The van der Waals surface area contributed by atoms with Gasteiger partial charge >= 0.3 is 0 Å². The summed E-state index contributed by atoms with van der Waals surface area (Å²) in [4.78, 5) is 27.2. The Labute approximate surface area is 152 Å². The molecule has 26 heavy (non-hydrogen) atoms. The smallest absolute Gasteiger partial charge is 0.254 e. The second-order valence-corrected chi connectivity index (χ2v) is 6.83. The molecule has 3 aromatic rings. The molecule has 1 unspecified atom stereocenters. The van der Waals surface area contributed by atoms with Crippen LogP contribution in [0.1, 0.15) is 21.5 Å². The highest BCUT2D eigenvalue weighted by atomic mass is 16.2. The number of carbonyl (C=O) groups is 2. The normalized spacial score (nSPS) is 17.0. The van der Waals surface area contributed by atoms with Crippen molar-refractivity contribution in [1.82, 2.24) is 5.32 Å². The molecule has 4 nitrogen and oxygen atoms in total. The van der Waals surface area contributed by atoms with Crippen LogP contribution < -0.4 is 10.2 Å². The zero-order valence-electron chi connectivity index (χ0n) is 14.8. The number of fused-ring (bicyclic) bond motifs is 2. The Balaban J connectivity index is 1.66. The van der Waals surface area contributed by atoms with Crippen molar-refractivity contribution < 1.29 is 9.59 Å². The standard InChI is InChI=1S/C22H20N2O2/c1-14-7-10-20-18(11-14)21(25)23-19(22(26)24(20)2)13-15-8-9-16-5-3-4-6-17(16)12-15/h3-12,19H,13H2,1-2H3,(H,23,25). The quantitative estimate of drug-likeness (QED) is 0.774. The number of hydrogen-bond acceptors (Lipinski definition) is 2. The van der Waals surface area contributed by atoms with Crippen molar-refractivity contribution in [3.8, 4) is 0 Å². The van der Waals surface area contributed by atoms with Gasteiger partial charge in [-0.1, -0.05) is 54.1 Å². The van der Waals surface area contributed by atoms with Gasteiger partial charge in [0.05, 0.1) is 11.3 Å². The summed E-state index contributed by atoms with van der Waals surface area (Å²) in [6, 6.07) is 19.3. The molecule has 4 rings (SSSR count). The molecule has 1 aliphatic heterocycles. The van der Waals surface area contributed by atoms with Gasteiger partial charge in [-0.15, -0.1) is 0 Å². The maximum atomic E-state index is 12.9. The lowest BCUT2D eigenvalue weighted by atomic mass is 10.0. The Bertz CT molecular complexity index is 1030. The Morgan fingerprint density at radius 3 is 2.54 bits per heavy atom. The first-order chi connectivity index (χ1) is 12.5. The molecule has 2 amide bonds. The van der Waals surface area contributed by atoms with Crippen LogP contribution >= 0.6 is 0 Å². The summed E-state index contributed by atoms with van der Waals surface area (Å²) in [5.74, 6) is -0.304. The molecular formula is C22H20N2O2. The Morgan fingerprint density at radius 1 is 0.962 bits per heavy atom. The minimum absolute atomic E-state index is 0.103. The van der Waals surface area contributed by atoms with Gasteiger partial charge in [0.25, 0.3) is 5.91 Å². The lowest BCUT2D eigenvalue weighted by Crippen LogP contribution is -2.45. The van der Waals surface area contributed by atoms with Gasteiger partial charge < -0.3 is 10.2 Å². The number of anilines is 1. The van der Waals surface area contributed by atoms with E-state index in [2.05, 4.69) is 29.6 Å². The van der Waals surface area contributed by atoms with Gasteiger partial charge in [0.15, 0.2) is 0 Å². The molecule has 0 saturated heterocycles. The lowest BCUT2D eigenvalue weighted by molar-refractivity contribution is -0.120. The predicted octanol–water partition coefficient (Wildman–Crippen LogP) is 3.47. The number of aryl methyl sites for hydroxylation is 1. The average Bonchev–Trinajstić information content (AvgIpc) is 2.73. The fourth-order valence-corrected chi connectivity index (χ4v) is 3.51. The van der Waals surface area contributed by atoms with Crippen molar-refractivity contribution in [2.75, 3.05) is 11.9 Å². The van der Waals surface area contributed by atoms with Gasteiger partial charge in [-0.2, -0.15) is 0 Å². The van der Waals surface area contributed by atoms with E-state index in [9.17, 15) is 9.59 Å². The molecule has 0 aromatic heterocycles. The van der Waals surface area contributed by atoms with Crippen LogP contribution in [0.5, 0.6) is 0 Å². The van der Waals surface area contributed by atoms with E-state index in [1.807, 2.05) is 43.3 Å². The Morgan fingerprint density at radius 2 is 1.73 bits per heavy atom. The molecule has 0 saturated carbocycles.